The van der Waals surface area contributed by atoms with Gasteiger partial charge in [0.25, 0.3) is 0 Å². The quantitative estimate of drug-likeness (QED) is 0.171. The van der Waals surface area contributed by atoms with Crippen LogP contribution >= 0.6 is 34.8 Å². The van der Waals surface area contributed by atoms with Crippen LogP contribution in [0.1, 0.15) is 44.3 Å². The Balaban J connectivity index is 0.000000136. The fraction of sp³-hybridized carbons (Fsp3) is 0.200. The Morgan fingerprint density at radius 1 is 0.537 bits per heavy atom. The van der Waals surface area contributed by atoms with Gasteiger partial charge in [-0.25, -0.2) is 9.97 Å². The summed E-state index contributed by atoms with van der Waals surface area (Å²) in [5.41, 5.74) is 10.4. The van der Waals surface area contributed by atoms with Crippen LogP contribution in [0.5, 0.6) is 0 Å². The number of nitrogens with zero attached hydrogens (tertiary/aromatic N) is 5. The number of para-hydroxylation sites is 2. The third-order valence-electron chi connectivity index (χ3n) is 12.5. The van der Waals surface area contributed by atoms with E-state index in [-0.39, 0.29) is 11.6 Å². The van der Waals surface area contributed by atoms with Crippen molar-refractivity contribution in [1.29, 1.82) is 0 Å². The van der Waals surface area contributed by atoms with Gasteiger partial charge in [0.15, 0.2) is 11.6 Å². The Morgan fingerprint density at radius 2 is 0.985 bits per heavy atom. The molecule has 8 nitrogen and oxygen atoms in total. The monoisotopic (exact) mass is 949 g/mol. The molecule has 0 saturated carbocycles. The number of fused-ring (bicyclic) bond motifs is 10. The minimum atomic E-state index is -1.00. The van der Waals surface area contributed by atoms with Crippen molar-refractivity contribution in [2.24, 2.45) is 0 Å². The van der Waals surface area contributed by atoms with Crippen molar-refractivity contribution >= 4 is 74.0 Å². The molecule has 12 heteroatoms. The van der Waals surface area contributed by atoms with E-state index in [4.69, 9.17) is 41.2 Å². The number of hydrogen-bond acceptors (Lipinski definition) is 8. The summed E-state index contributed by atoms with van der Waals surface area (Å²) in [6, 6.07) is 47.6. The van der Waals surface area contributed by atoms with Crippen molar-refractivity contribution in [2.45, 2.75) is 13.1 Å². The van der Waals surface area contributed by atoms with E-state index in [1.165, 1.54) is 24.2 Å². The zero-order valence-corrected chi connectivity index (χ0v) is 39.0. The van der Waals surface area contributed by atoms with Crippen molar-refractivity contribution in [2.75, 3.05) is 64.4 Å². The van der Waals surface area contributed by atoms with Crippen molar-refractivity contribution in [3.63, 3.8) is 0 Å². The molecule has 6 aromatic carbocycles. The van der Waals surface area contributed by atoms with Crippen LogP contribution < -0.4 is 10.2 Å². The zero-order chi connectivity index (χ0) is 47.1. The highest BCUT2D eigenvalue weighted by Gasteiger charge is 2.35. The van der Waals surface area contributed by atoms with Crippen molar-refractivity contribution < 1.29 is 15.4 Å². The van der Waals surface area contributed by atoms with Gasteiger partial charge in [0.05, 0.1) is 19.6 Å². The molecule has 0 unspecified atom stereocenters. The molecule has 12 rings (SSSR count). The molecule has 0 atom stereocenters. The van der Waals surface area contributed by atoms with E-state index in [0.29, 0.717) is 37.5 Å². The maximum Gasteiger partial charge on any atom is 0.195 e. The molecule has 4 heterocycles. The number of carbonyl (C=O) groups is 2. The van der Waals surface area contributed by atoms with Gasteiger partial charge in [-0.05, 0) is 58.7 Å². The maximum atomic E-state index is 13.4. The maximum absolute atomic E-state index is 13.4. The Morgan fingerprint density at radius 3 is 1.52 bits per heavy atom. The van der Waals surface area contributed by atoms with Gasteiger partial charge in [0.1, 0.15) is 11.0 Å². The molecule has 4 aliphatic rings. The summed E-state index contributed by atoms with van der Waals surface area (Å²) in [7, 11) is -1.00. The van der Waals surface area contributed by atoms with Crippen molar-refractivity contribution in [1.82, 2.24) is 25.1 Å². The number of alkyl halides is 1. The Bertz CT molecular complexity index is 3110. The Labute approximate surface area is 406 Å². The molecule has 8 aromatic rings. The fourth-order valence-corrected chi connectivity index (χ4v) is 10.00. The lowest BCUT2D eigenvalue weighted by molar-refractivity contribution is 0.103. The van der Waals surface area contributed by atoms with Gasteiger partial charge in [-0.3, -0.25) is 23.8 Å². The van der Waals surface area contributed by atoms with Crippen LogP contribution in [-0.2, 0) is 13.1 Å². The second kappa shape index (κ2) is 20.9. The minimum Gasteiger partial charge on any atom is -0.353 e. The first kappa shape index (κ1) is 44.8. The highest BCUT2D eigenvalue weighted by atomic mass is 35.5. The number of aromatic nitrogens is 2. The predicted octanol–water partition coefficient (Wildman–Crippen LogP) is 11.9. The van der Waals surface area contributed by atoms with Gasteiger partial charge < -0.3 is 10.2 Å². The topological polar surface area (TPSA) is 81.7 Å². The highest BCUT2D eigenvalue weighted by Crippen LogP contribution is 2.46. The molecule has 0 spiro atoms. The fourth-order valence-electron chi connectivity index (χ4n) is 9.37. The number of ketones is 2. The number of rotatable bonds is 5. The number of halogens is 4. The van der Waals surface area contributed by atoms with Crippen LogP contribution in [-0.4, -0.2) is 90.8 Å². The van der Waals surface area contributed by atoms with E-state index in [2.05, 4.69) is 85.7 Å². The Kier molecular flexibility index (Phi) is 13.9. The lowest BCUT2D eigenvalue weighted by Crippen LogP contribution is -2.46. The molecule has 2 aliphatic heterocycles. The third-order valence-corrected chi connectivity index (χ3v) is 13.3. The standard InChI is InChI=1S/C27H22ClN3O.C16H7Cl2NO.C11H16N2.CH3F/c28-19-10-11-20-22(16-19)26(32)24-21-8-4-5-9-23(21)29-27(25(20)24)31-14-12-30(13-15-31)17-18-6-2-1-3-7-18;17-8-5-6-9-11(7-8)15(20)13-10-3-1-2-4-12(10)19-16(18)14(9)13;1-2-4-11(5-3-1)10-13-8-6-12-7-9-13;1-2/h1-11,16H,12-15,17H2;1-7H;1-5,12H,6-10H2;1H3/i;;;1D. The van der Waals surface area contributed by atoms with Crippen LogP contribution in [0.25, 0.3) is 44.1 Å². The molecule has 338 valence electrons. The SMILES string of the molecule is O=C1c2cc(Cl)ccc2-c2c(Cl)nc3ccccc3c21.O=C1c2cc(Cl)ccc2-c2c(N3CCN(Cc4ccccc4)CC3)nc3ccccc3c21.[2H]CF.c1ccc(CN2CCNCC2)cc1. The van der Waals surface area contributed by atoms with Crippen LogP contribution in [0.4, 0.5) is 10.2 Å². The summed E-state index contributed by atoms with van der Waals surface area (Å²) < 4.78 is 15.5. The van der Waals surface area contributed by atoms with E-state index in [1.54, 1.807) is 18.2 Å². The van der Waals surface area contributed by atoms with Crippen molar-refractivity contribution in [3.05, 3.63) is 194 Å². The molecule has 67 heavy (non-hydrogen) atoms. The molecule has 2 saturated heterocycles. The summed E-state index contributed by atoms with van der Waals surface area (Å²) in [5, 5.41) is 6.57. The summed E-state index contributed by atoms with van der Waals surface area (Å²) >= 11 is 18.5. The third kappa shape index (κ3) is 9.72. The van der Waals surface area contributed by atoms with Gasteiger partial charge in [0, 0.05) is 120 Å². The summed E-state index contributed by atoms with van der Waals surface area (Å²) in [5.74, 6) is 0.908. The molecule has 2 fully saturated rings. The molecular weight excluding hydrogens is 902 g/mol. The number of piperazine rings is 2. The second-order valence-electron chi connectivity index (χ2n) is 16.7. The zero-order valence-electron chi connectivity index (χ0n) is 37.7. The highest BCUT2D eigenvalue weighted by molar-refractivity contribution is 6.39. The normalized spacial score (nSPS) is 15.2. The molecule has 2 aromatic heterocycles. The van der Waals surface area contributed by atoms with Crippen LogP contribution in [0.3, 0.4) is 0 Å². The molecule has 2 aliphatic carbocycles. The van der Waals surface area contributed by atoms with Crippen LogP contribution in [0.15, 0.2) is 146 Å². The number of anilines is 1. The van der Waals surface area contributed by atoms with E-state index in [1.807, 2.05) is 66.7 Å². The number of pyridine rings is 2. The Hall–Kier alpha value is -6.04. The van der Waals surface area contributed by atoms with Crippen LogP contribution in [0.2, 0.25) is 15.2 Å². The lowest BCUT2D eigenvalue weighted by Gasteiger charge is -2.36. The van der Waals surface area contributed by atoms with E-state index in [9.17, 15) is 14.0 Å². The minimum absolute atomic E-state index is 0.0417. The van der Waals surface area contributed by atoms with E-state index < -0.39 is 7.15 Å². The summed E-state index contributed by atoms with van der Waals surface area (Å²) in [6.07, 6.45) is 0. The number of benzene rings is 6. The van der Waals surface area contributed by atoms with Gasteiger partial charge in [-0.15, -0.1) is 0 Å². The lowest BCUT2D eigenvalue weighted by atomic mass is 10.0. The van der Waals surface area contributed by atoms with Gasteiger partial charge in [-0.1, -0.05) is 144 Å². The van der Waals surface area contributed by atoms with E-state index in [0.717, 1.165) is 102 Å². The molecule has 0 radical (unpaired) electrons. The van der Waals surface area contributed by atoms with E-state index >= 15 is 0 Å². The van der Waals surface area contributed by atoms with Gasteiger partial charge in [-0.2, -0.15) is 0 Å². The largest absolute Gasteiger partial charge is 0.353 e. The number of nitrogens with one attached hydrogen (secondary N) is 1. The summed E-state index contributed by atoms with van der Waals surface area (Å²) in [4.78, 5) is 42.8. The predicted molar refractivity (Wildman–Crippen MR) is 272 cm³/mol. The first-order chi connectivity index (χ1) is 33.2. The molecule has 1 N–H and O–H groups in total. The van der Waals surface area contributed by atoms with Gasteiger partial charge in [0.2, 0.25) is 0 Å². The summed E-state index contributed by atoms with van der Waals surface area (Å²) in [6.45, 7) is 10.3. The molecule has 0 bridgehead atoms. The average Bonchev–Trinajstić information content (AvgIpc) is 3.83. The average molecular weight is 951 g/mol. The number of hydrogen-bond donors (Lipinski definition) is 1. The van der Waals surface area contributed by atoms with Crippen LogP contribution in [0, 0.1) is 0 Å². The molecular formula is C55H48Cl3FN6O2. The first-order valence-corrected chi connectivity index (χ1v) is 23.4. The number of carbonyl (C=O) groups excluding carboxylic acids is 2. The second-order valence-corrected chi connectivity index (χ2v) is 17.9. The smallest absolute Gasteiger partial charge is 0.195 e. The van der Waals surface area contributed by atoms with Crippen molar-refractivity contribution in [3.8, 4) is 22.3 Å². The molecule has 0 amide bonds. The first-order valence-electron chi connectivity index (χ1n) is 23.0. The van der Waals surface area contributed by atoms with Gasteiger partial charge >= 0.3 is 0 Å².